The average molecular weight is 267 g/mol. The van der Waals surface area contributed by atoms with E-state index in [9.17, 15) is 9.90 Å². The third-order valence-corrected chi connectivity index (χ3v) is 3.11. The monoisotopic (exact) mass is 267 g/mol. The van der Waals surface area contributed by atoms with Gasteiger partial charge in [0.05, 0.1) is 17.3 Å². The van der Waals surface area contributed by atoms with Gasteiger partial charge in [0.2, 0.25) is 0 Å². The summed E-state index contributed by atoms with van der Waals surface area (Å²) in [4.78, 5) is 11.4. The fourth-order valence-corrected chi connectivity index (χ4v) is 2.08. The molecule has 1 aromatic heterocycles. The zero-order chi connectivity index (χ0) is 14.1. The average Bonchev–Trinajstić information content (AvgIpc) is 2.88. The number of aromatic nitrogens is 2. The summed E-state index contributed by atoms with van der Waals surface area (Å²) >= 11 is 0. The fraction of sp³-hybridized carbons (Fsp3) is 0.0667. The largest absolute Gasteiger partial charge is 0.507 e. The van der Waals surface area contributed by atoms with E-state index in [2.05, 4.69) is 15.5 Å². The molecular formula is C15H13N3O2. The second-order valence-corrected chi connectivity index (χ2v) is 4.59. The van der Waals surface area contributed by atoms with E-state index >= 15 is 0 Å². The highest BCUT2D eigenvalue weighted by Crippen LogP contribution is 2.25. The van der Waals surface area contributed by atoms with E-state index in [0.29, 0.717) is 5.56 Å². The number of phenolic OH excluding ortho intramolecular Hbond substituents is 1. The maximum absolute atomic E-state index is 11.4. The van der Waals surface area contributed by atoms with Crippen LogP contribution in [0.4, 0.5) is 11.4 Å². The van der Waals surface area contributed by atoms with E-state index in [1.807, 2.05) is 18.2 Å². The zero-order valence-corrected chi connectivity index (χ0v) is 10.8. The smallest absolute Gasteiger partial charge is 0.163 e. The van der Waals surface area contributed by atoms with Crippen molar-refractivity contribution in [3.8, 4) is 5.75 Å². The molecule has 0 saturated heterocycles. The minimum atomic E-state index is -0.171. The van der Waals surface area contributed by atoms with Gasteiger partial charge in [0.15, 0.2) is 5.78 Å². The number of aromatic amines is 1. The molecule has 2 aromatic carbocycles. The molecule has 0 aliphatic heterocycles. The number of carbonyl (C=O) groups is 1. The van der Waals surface area contributed by atoms with Gasteiger partial charge < -0.3 is 10.4 Å². The molecule has 3 N–H and O–H groups in total. The van der Waals surface area contributed by atoms with E-state index in [-0.39, 0.29) is 11.5 Å². The molecule has 0 fully saturated rings. The van der Waals surface area contributed by atoms with Gasteiger partial charge in [-0.3, -0.25) is 9.89 Å². The van der Waals surface area contributed by atoms with Crippen LogP contribution in [0.15, 0.2) is 42.6 Å². The summed E-state index contributed by atoms with van der Waals surface area (Å²) in [5.41, 5.74) is 2.85. The zero-order valence-electron chi connectivity index (χ0n) is 10.8. The predicted molar refractivity (Wildman–Crippen MR) is 77.5 cm³/mol. The maximum atomic E-state index is 11.4. The Balaban J connectivity index is 1.94. The second-order valence-electron chi connectivity index (χ2n) is 4.59. The summed E-state index contributed by atoms with van der Waals surface area (Å²) in [5.74, 6) is -0.178. The van der Waals surface area contributed by atoms with Crippen molar-refractivity contribution in [3.05, 3.63) is 48.2 Å². The fourth-order valence-electron chi connectivity index (χ4n) is 2.08. The number of nitrogens with one attached hydrogen (secondary N) is 2. The number of ketones is 1. The van der Waals surface area contributed by atoms with Crippen molar-refractivity contribution in [3.63, 3.8) is 0 Å². The first-order valence-electron chi connectivity index (χ1n) is 6.17. The normalized spacial score (nSPS) is 10.7. The lowest BCUT2D eigenvalue weighted by atomic mass is 10.1. The standard InChI is InChI=1S/C15H13N3O2/c1-9(19)13-6-11(4-5-15(13)20)17-12-3-2-10-8-16-18-14(10)7-12/h2-8,17,20H,1H3,(H,16,18). The lowest BCUT2D eigenvalue weighted by molar-refractivity contribution is 0.101. The van der Waals surface area contributed by atoms with Crippen molar-refractivity contribution >= 4 is 28.1 Å². The molecule has 20 heavy (non-hydrogen) atoms. The van der Waals surface area contributed by atoms with Crippen LogP contribution in [0.5, 0.6) is 5.75 Å². The molecule has 3 aromatic rings. The molecule has 0 atom stereocenters. The number of carbonyl (C=O) groups excluding carboxylic acids is 1. The Kier molecular flexibility index (Phi) is 2.87. The third-order valence-electron chi connectivity index (χ3n) is 3.11. The number of nitrogens with zero attached hydrogens (tertiary/aromatic N) is 1. The molecule has 0 saturated carbocycles. The summed E-state index contributed by atoms with van der Waals surface area (Å²) in [6, 6.07) is 10.7. The Morgan fingerprint density at radius 3 is 2.75 bits per heavy atom. The number of H-pyrrole nitrogens is 1. The molecule has 5 nitrogen and oxygen atoms in total. The van der Waals surface area contributed by atoms with Crippen LogP contribution >= 0.6 is 0 Å². The molecule has 0 radical (unpaired) electrons. The van der Waals surface area contributed by atoms with E-state index < -0.39 is 0 Å². The number of Topliss-reactive ketones (excluding diaryl/α,β-unsaturated/α-hetero) is 1. The number of aromatic hydroxyl groups is 1. The lowest BCUT2D eigenvalue weighted by Crippen LogP contribution is -1.96. The van der Waals surface area contributed by atoms with Gasteiger partial charge in [0.25, 0.3) is 0 Å². The van der Waals surface area contributed by atoms with Gasteiger partial charge in [-0.05, 0) is 43.3 Å². The van der Waals surface area contributed by atoms with Gasteiger partial charge in [-0.25, -0.2) is 0 Å². The van der Waals surface area contributed by atoms with E-state index in [1.165, 1.54) is 13.0 Å². The lowest BCUT2D eigenvalue weighted by Gasteiger charge is -2.08. The highest BCUT2D eigenvalue weighted by molar-refractivity contribution is 5.97. The van der Waals surface area contributed by atoms with Crippen molar-refractivity contribution in [2.24, 2.45) is 0 Å². The van der Waals surface area contributed by atoms with Crippen molar-refractivity contribution in [2.45, 2.75) is 6.92 Å². The number of anilines is 2. The summed E-state index contributed by atoms with van der Waals surface area (Å²) < 4.78 is 0. The van der Waals surface area contributed by atoms with E-state index in [1.54, 1.807) is 18.3 Å². The van der Waals surface area contributed by atoms with E-state index in [4.69, 9.17) is 0 Å². The molecule has 5 heteroatoms. The van der Waals surface area contributed by atoms with Crippen LogP contribution in [0.2, 0.25) is 0 Å². The van der Waals surface area contributed by atoms with Gasteiger partial charge in [-0.2, -0.15) is 5.10 Å². The van der Waals surface area contributed by atoms with Crippen molar-refractivity contribution in [2.75, 3.05) is 5.32 Å². The van der Waals surface area contributed by atoms with Crippen molar-refractivity contribution in [1.29, 1.82) is 0 Å². The van der Waals surface area contributed by atoms with Gasteiger partial charge in [-0.1, -0.05) is 0 Å². The van der Waals surface area contributed by atoms with Crippen LogP contribution in [0.1, 0.15) is 17.3 Å². The number of fused-ring (bicyclic) bond motifs is 1. The van der Waals surface area contributed by atoms with Gasteiger partial charge >= 0.3 is 0 Å². The second kappa shape index (κ2) is 4.70. The van der Waals surface area contributed by atoms with Gasteiger partial charge in [0, 0.05) is 16.8 Å². The quantitative estimate of drug-likeness (QED) is 0.503. The molecule has 1 heterocycles. The minimum absolute atomic E-state index is 0.00734. The molecule has 0 aliphatic rings. The molecule has 0 unspecified atom stereocenters. The Bertz CT molecular complexity index is 793. The summed E-state index contributed by atoms with van der Waals surface area (Å²) in [6.45, 7) is 1.43. The van der Waals surface area contributed by atoms with Gasteiger partial charge in [0.1, 0.15) is 5.75 Å². The van der Waals surface area contributed by atoms with Crippen LogP contribution in [0.3, 0.4) is 0 Å². The van der Waals surface area contributed by atoms with Crippen LogP contribution in [0.25, 0.3) is 10.9 Å². The third kappa shape index (κ3) is 2.21. The summed E-state index contributed by atoms with van der Waals surface area (Å²) in [6.07, 6.45) is 1.76. The maximum Gasteiger partial charge on any atom is 0.163 e. The van der Waals surface area contributed by atoms with Crippen LogP contribution in [0, 0.1) is 0 Å². The van der Waals surface area contributed by atoms with Crippen molar-refractivity contribution in [1.82, 2.24) is 10.2 Å². The molecule has 0 bridgehead atoms. The highest BCUT2D eigenvalue weighted by atomic mass is 16.3. The predicted octanol–water partition coefficient (Wildman–Crippen LogP) is 3.21. The topological polar surface area (TPSA) is 78.0 Å². The molecular weight excluding hydrogens is 254 g/mol. The number of benzene rings is 2. The van der Waals surface area contributed by atoms with Crippen molar-refractivity contribution < 1.29 is 9.90 Å². The SMILES string of the molecule is CC(=O)c1cc(Nc2ccc3cn[nH]c3c2)ccc1O. The Hall–Kier alpha value is -2.82. The first-order valence-corrected chi connectivity index (χ1v) is 6.17. The number of hydrogen-bond acceptors (Lipinski definition) is 4. The first kappa shape index (κ1) is 12.2. The molecule has 3 rings (SSSR count). The Labute approximate surface area is 115 Å². The van der Waals surface area contributed by atoms with Crippen LogP contribution < -0.4 is 5.32 Å². The molecule has 0 aliphatic carbocycles. The Morgan fingerprint density at radius 2 is 1.95 bits per heavy atom. The molecule has 0 amide bonds. The summed E-state index contributed by atoms with van der Waals surface area (Å²) in [5, 5.41) is 20.7. The van der Waals surface area contributed by atoms with Crippen LogP contribution in [-0.2, 0) is 0 Å². The Morgan fingerprint density at radius 1 is 1.20 bits per heavy atom. The first-order chi connectivity index (χ1) is 9.63. The molecule has 0 spiro atoms. The van der Waals surface area contributed by atoms with Crippen LogP contribution in [-0.4, -0.2) is 21.1 Å². The van der Waals surface area contributed by atoms with Gasteiger partial charge in [-0.15, -0.1) is 0 Å². The number of hydrogen-bond donors (Lipinski definition) is 3. The summed E-state index contributed by atoms with van der Waals surface area (Å²) in [7, 11) is 0. The number of phenols is 1. The molecule has 100 valence electrons. The van der Waals surface area contributed by atoms with E-state index in [0.717, 1.165) is 22.3 Å². The highest BCUT2D eigenvalue weighted by Gasteiger charge is 2.07. The number of rotatable bonds is 3. The minimum Gasteiger partial charge on any atom is -0.507 e.